The van der Waals surface area contributed by atoms with Crippen LogP contribution in [0.5, 0.6) is 11.5 Å². The fourth-order valence-electron chi connectivity index (χ4n) is 3.74. The zero-order valence-corrected chi connectivity index (χ0v) is 19.5. The standard InChI is InChI=1S/C30H25F3O2/c1-3-5-20-6-12-23(13-7-20)25-15-17-28(30(33)29(25)32)35-19-21-8-10-22(11-9-21)24-14-16-27(34-4-2)26(31)18-24/h3,5-18H,4,19H2,1-2H3. The van der Waals surface area contributed by atoms with Crippen LogP contribution in [-0.2, 0) is 6.61 Å². The van der Waals surface area contributed by atoms with Gasteiger partial charge < -0.3 is 9.47 Å². The van der Waals surface area contributed by atoms with E-state index in [1.54, 1.807) is 43.3 Å². The number of rotatable bonds is 8. The lowest BCUT2D eigenvalue weighted by atomic mass is 10.0. The van der Waals surface area contributed by atoms with Crippen molar-refractivity contribution in [2.75, 3.05) is 6.61 Å². The van der Waals surface area contributed by atoms with Crippen LogP contribution < -0.4 is 9.47 Å². The second-order valence-corrected chi connectivity index (χ2v) is 7.93. The molecule has 0 spiro atoms. The predicted octanol–water partition coefficient (Wildman–Crippen LogP) is 8.45. The van der Waals surface area contributed by atoms with Crippen molar-refractivity contribution < 1.29 is 22.6 Å². The summed E-state index contributed by atoms with van der Waals surface area (Å²) in [4.78, 5) is 0. The van der Waals surface area contributed by atoms with E-state index in [0.717, 1.165) is 16.7 Å². The van der Waals surface area contributed by atoms with Gasteiger partial charge in [0.15, 0.2) is 23.1 Å². The third-order valence-electron chi connectivity index (χ3n) is 5.54. The van der Waals surface area contributed by atoms with Crippen LogP contribution >= 0.6 is 0 Å². The Morgan fingerprint density at radius 3 is 2.00 bits per heavy atom. The van der Waals surface area contributed by atoms with E-state index in [2.05, 4.69) is 0 Å². The Hall–Kier alpha value is -3.99. The van der Waals surface area contributed by atoms with Gasteiger partial charge in [-0.05, 0) is 65.9 Å². The van der Waals surface area contributed by atoms with Crippen LogP contribution in [0.4, 0.5) is 13.2 Å². The van der Waals surface area contributed by atoms with Crippen molar-refractivity contribution in [2.45, 2.75) is 20.5 Å². The van der Waals surface area contributed by atoms with E-state index in [9.17, 15) is 13.2 Å². The van der Waals surface area contributed by atoms with Gasteiger partial charge >= 0.3 is 0 Å². The second-order valence-electron chi connectivity index (χ2n) is 7.93. The van der Waals surface area contributed by atoms with E-state index in [-0.39, 0.29) is 23.7 Å². The number of hydrogen-bond donors (Lipinski definition) is 0. The number of halogens is 3. The molecule has 0 radical (unpaired) electrons. The summed E-state index contributed by atoms with van der Waals surface area (Å²) < 4.78 is 54.4. The van der Waals surface area contributed by atoms with E-state index >= 15 is 0 Å². The Kier molecular flexibility index (Phi) is 7.56. The Bertz CT molecular complexity index is 1330. The van der Waals surface area contributed by atoms with Crippen LogP contribution in [0, 0.1) is 17.5 Å². The highest BCUT2D eigenvalue weighted by Gasteiger charge is 2.16. The smallest absolute Gasteiger partial charge is 0.201 e. The number of benzene rings is 4. The summed E-state index contributed by atoms with van der Waals surface area (Å²) in [6.07, 6.45) is 3.84. The van der Waals surface area contributed by atoms with Gasteiger partial charge in [0.05, 0.1) is 6.61 Å². The lowest BCUT2D eigenvalue weighted by molar-refractivity contribution is 0.285. The van der Waals surface area contributed by atoms with Gasteiger partial charge in [-0.25, -0.2) is 8.78 Å². The molecule has 4 aromatic carbocycles. The molecule has 0 aliphatic carbocycles. The first-order valence-electron chi connectivity index (χ1n) is 11.4. The first kappa shape index (κ1) is 24.1. The van der Waals surface area contributed by atoms with Gasteiger partial charge in [0.25, 0.3) is 0 Å². The maximum atomic E-state index is 14.8. The fraction of sp³-hybridized carbons (Fsp3) is 0.133. The van der Waals surface area contributed by atoms with E-state index in [4.69, 9.17) is 9.47 Å². The van der Waals surface area contributed by atoms with Gasteiger partial charge in [-0.1, -0.05) is 66.7 Å². The summed E-state index contributed by atoms with van der Waals surface area (Å²) in [6.45, 7) is 4.17. The lowest BCUT2D eigenvalue weighted by Crippen LogP contribution is -2.00. The zero-order valence-electron chi connectivity index (χ0n) is 19.5. The average molecular weight is 475 g/mol. The molecule has 178 valence electrons. The molecule has 2 nitrogen and oxygen atoms in total. The number of allylic oxidation sites excluding steroid dienone is 1. The zero-order chi connectivity index (χ0) is 24.8. The molecule has 0 saturated carbocycles. The van der Waals surface area contributed by atoms with Crippen molar-refractivity contribution in [3.8, 4) is 33.8 Å². The molecule has 0 aliphatic heterocycles. The maximum absolute atomic E-state index is 14.8. The van der Waals surface area contributed by atoms with Crippen molar-refractivity contribution >= 4 is 6.08 Å². The minimum absolute atomic E-state index is 0.0612. The van der Waals surface area contributed by atoms with Gasteiger partial charge in [-0.2, -0.15) is 4.39 Å². The van der Waals surface area contributed by atoms with Crippen molar-refractivity contribution in [1.82, 2.24) is 0 Å². The van der Waals surface area contributed by atoms with Gasteiger partial charge in [-0.15, -0.1) is 0 Å². The molecular formula is C30H25F3O2. The molecule has 4 aromatic rings. The third kappa shape index (κ3) is 5.57. The fourth-order valence-corrected chi connectivity index (χ4v) is 3.74. The lowest BCUT2D eigenvalue weighted by Gasteiger charge is -2.11. The molecule has 5 heteroatoms. The van der Waals surface area contributed by atoms with Gasteiger partial charge in [-0.3, -0.25) is 0 Å². The number of hydrogen-bond acceptors (Lipinski definition) is 2. The summed E-state index contributed by atoms with van der Waals surface area (Å²) in [5, 5.41) is 0. The van der Waals surface area contributed by atoms with Crippen molar-refractivity contribution in [1.29, 1.82) is 0 Å². The Morgan fingerprint density at radius 2 is 1.34 bits per heavy atom. The quantitative estimate of drug-likeness (QED) is 0.255. The minimum Gasteiger partial charge on any atom is -0.491 e. The molecular weight excluding hydrogens is 449 g/mol. The van der Waals surface area contributed by atoms with Gasteiger partial charge in [0, 0.05) is 5.56 Å². The summed E-state index contributed by atoms with van der Waals surface area (Å²) in [6, 6.07) is 22.2. The first-order chi connectivity index (χ1) is 17.0. The normalized spacial score (nSPS) is 11.1. The highest BCUT2D eigenvalue weighted by atomic mass is 19.2. The largest absolute Gasteiger partial charge is 0.491 e. The van der Waals surface area contributed by atoms with Crippen LogP contribution in [0.1, 0.15) is 25.0 Å². The first-order valence-corrected chi connectivity index (χ1v) is 11.4. The third-order valence-corrected chi connectivity index (χ3v) is 5.54. The molecule has 0 saturated heterocycles. The van der Waals surface area contributed by atoms with E-state index in [1.165, 1.54) is 18.2 Å². The summed E-state index contributed by atoms with van der Waals surface area (Å²) >= 11 is 0. The average Bonchev–Trinajstić information content (AvgIpc) is 2.87. The second kappa shape index (κ2) is 11.0. The predicted molar refractivity (Wildman–Crippen MR) is 134 cm³/mol. The van der Waals surface area contributed by atoms with Gasteiger partial charge in [0.2, 0.25) is 5.82 Å². The Labute approximate surface area is 203 Å². The van der Waals surface area contributed by atoms with Crippen LogP contribution in [0.3, 0.4) is 0 Å². The van der Waals surface area contributed by atoms with E-state index in [1.807, 2.05) is 43.3 Å². The topological polar surface area (TPSA) is 18.5 Å². The Balaban J connectivity index is 1.45. The molecule has 0 aromatic heterocycles. The van der Waals surface area contributed by atoms with Gasteiger partial charge in [0.1, 0.15) is 6.61 Å². The molecule has 4 rings (SSSR count). The minimum atomic E-state index is -1.03. The summed E-state index contributed by atoms with van der Waals surface area (Å²) in [7, 11) is 0. The SMILES string of the molecule is CC=Cc1ccc(-c2ccc(OCc3ccc(-c4ccc(OCC)c(F)c4)cc3)c(F)c2F)cc1. The van der Waals surface area contributed by atoms with Crippen molar-refractivity contribution in [3.63, 3.8) is 0 Å². The molecule has 0 N–H and O–H groups in total. The van der Waals surface area contributed by atoms with Crippen LogP contribution in [0.15, 0.2) is 84.9 Å². The molecule has 0 amide bonds. The monoisotopic (exact) mass is 474 g/mol. The van der Waals surface area contributed by atoms with Crippen molar-refractivity contribution in [2.24, 2.45) is 0 Å². The maximum Gasteiger partial charge on any atom is 0.201 e. The molecule has 35 heavy (non-hydrogen) atoms. The van der Waals surface area contributed by atoms with Crippen LogP contribution in [0.25, 0.3) is 28.3 Å². The molecule has 0 bridgehead atoms. The molecule has 0 unspecified atom stereocenters. The highest BCUT2D eigenvalue weighted by molar-refractivity contribution is 5.67. The number of ether oxygens (including phenoxy) is 2. The Morgan fingerprint density at radius 1 is 0.686 bits per heavy atom. The summed E-state index contributed by atoms with van der Waals surface area (Å²) in [5.41, 5.74) is 4.04. The van der Waals surface area contributed by atoms with Crippen LogP contribution in [0.2, 0.25) is 0 Å². The molecule has 0 atom stereocenters. The molecule has 0 aliphatic rings. The molecule has 0 heterocycles. The highest BCUT2D eigenvalue weighted by Crippen LogP contribution is 2.31. The van der Waals surface area contributed by atoms with Crippen molar-refractivity contribution in [3.05, 3.63) is 114 Å². The van der Waals surface area contributed by atoms with E-state index in [0.29, 0.717) is 17.7 Å². The van der Waals surface area contributed by atoms with E-state index < -0.39 is 17.5 Å². The molecule has 0 fully saturated rings. The van der Waals surface area contributed by atoms with Crippen LogP contribution in [-0.4, -0.2) is 6.61 Å². The summed E-state index contributed by atoms with van der Waals surface area (Å²) in [5.74, 6) is -2.34.